The number of rotatable bonds is 5. The predicted molar refractivity (Wildman–Crippen MR) is 79.4 cm³/mol. The summed E-state index contributed by atoms with van der Waals surface area (Å²) in [5.74, 6) is 0.110. The first-order valence-electron chi connectivity index (χ1n) is 6.05. The third kappa shape index (κ3) is 3.16. The van der Waals surface area contributed by atoms with Crippen LogP contribution in [0.2, 0.25) is 0 Å². The summed E-state index contributed by atoms with van der Waals surface area (Å²) in [7, 11) is 2.09. The smallest absolute Gasteiger partial charge is 0.171 e. The van der Waals surface area contributed by atoms with E-state index in [4.69, 9.17) is 10.9 Å². The van der Waals surface area contributed by atoms with E-state index in [9.17, 15) is 0 Å². The van der Waals surface area contributed by atoms with Gasteiger partial charge in [0, 0.05) is 28.8 Å². The van der Waals surface area contributed by atoms with Gasteiger partial charge in [-0.1, -0.05) is 19.0 Å². The molecule has 1 rings (SSSR count). The van der Waals surface area contributed by atoms with Gasteiger partial charge in [0.1, 0.15) is 0 Å². The number of anilines is 1. The molecule has 0 radical (unpaired) electrons. The summed E-state index contributed by atoms with van der Waals surface area (Å²) in [5.41, 5.74) is 7.40. The molecule has 0 aromatic heterocycles. The second-order valence-corrected chi connectivity index (χ2v) is 5.08. The molecule has 0 fully saturated rings. The van der Waals surface area contributed by atoms with Crippen molar-refractivity contribution in [2.75, 3.05) is 11.9 Å². The van der Waals surface area contributed by atoms with Crippen LogP contribution in [-0.2, 0) is 0 Å². The Labute approximate surface area is 117 Å². The van der Waals surface area contributed by atoms with E-state index < -0.39 is 0 Å². The van der Waals surface area contributed by atoms with E-state index in [0.29, 0.717) is 11.6 Å². The van der Waals surface area contributed by atoms with Gasteiger partial charge in [-0.2, -0.15) is 0 Å². The molecule has 0 saturated heterocycles. The topological polar surface area (TPSA) is 61.8 Å². The lowest BCUT2D eigenvalue weighted by Gasteiger charge is -2.28. The monoisotopic (exact) mass is 313 g/mol. The van der Waals surface area contributed by atoms with Crippen LogP contribution in [0.1, 0.15) is 32.3 Å². The van der Waals surface area contributed by atoms with E-state index in [1.165, 1.54) is 0 Å². The first-order valence-corrected chi connectivity index (χ1v) is 6.84. The van der Waals surface area contributed by atoms with E-state index in [1.807, 2.05) is 18.2 Å². The lowest BCUT2D eigenvalue weighted by molar-refractivity contribution is 0.318. The molecular weight excluding hydrogens is 294 g/mol. The molecule has 0 heterocycles. The molecule has 3 N–H and O–H groups in total. The van der Waals surface area contributed by atoms with Crippen LogP contribution in [0.3, 0.4) is 0 Å². The highest BCUT2D eigenvalue weighted by molar-refractivity contribution is 9.10. The summed E-state index contributed by atoms with van der Waals surface area (Å²) in [6.45, 7) is 4.37. The Hall–Kier alpha value is -1.23. The summed E-state index contributed by atoms with van der Waals surface area (Å²) < 4.78 is 0.827. The van der Waals surface area contributed by atoms with Crippen molar-refractivity contribution in [1.29, 1.82) is 0 Å². The molecule has 18 heavy (non-hydrogen) atoms. The zero-order valence-electron chi connectivity index (χ0n) is 11.0. The van der Waals surface area contributed by atoms with E-state index >= 15 is 0 Å². The molecule has 0 saturated carbocycles. The molecule has 0 atom stereocenters. The summed E-state index contributed by atoms with van der Waals surface area (Å²) in [4.78, 5) is 2.25. The number of nitrogens with two attached hydrogens (primary N) is 1. The number of amidine groups is 1. The van der Waals surface area contributed by atoms with Crippen molar-refractivity contribution in [3.63, 3.8) is 0 Å². The lowest BCUT2D eigenvalue weighted by Crippen LogP contribution is -2.30. The average molecular weight is 314 g/mol. The Balaban J connectivity index is 3.04. The van der Waals surface area contributed by atoms with E-state index in [2.05, 4.69) is 46.9 Å². The Morgan fingerprint density at radius 1 is 1.44 bits per heavy atom. The molecule has 1 aromatic carbocycles. The third-order valence-electron chi connectivity index (χ3n) is 3.23. The van der Waals surface area contributed by atoms with Crippen molar-refractivity contribution in [2.24, 2.45) is 10.9 Å². The number of nitrogens with zero attached hydrogens (tertiary/aromatic N) is 2. The van der Waals surface area contributed by atoms with Crippen molar-refractivity contribution in [3.05, 3.63) is 28.2 Å². The van der Waals surface area contributed by atoms with Gasteiger partial charge in [-0.05, 0) is 47.0 Å². The molecule has 0 bridgehead atoms. The molecular formula is C13H20BrN3O. The maximum atomic E-state index is 8.69. The van der Waals surface area contributed by atoms with E-state index in [1.54, 1.807) is 0 Å². The first kappa shape index (κ1) is 14.8. The van der Waals surface area contributed by atoms with Crippen LogP contribution in [0.15, 0.2) is 27.8 Å². The summed E-state index contributed by atoms with van der Waals surface area (Å²) in [5, 5.41) is 11.7. The van der Waals surface area contributed by atoms with Crippen molar-refractivity contribution in [3.8, 4) is 0 Å². The third-order valence-corrected chi connectivity index (χ3v) is 3.89. The molecule has 0 unspecified atom stereocenters. The van der Waals surface area contributed by atoms with Gasteiger partial charge < -0.3 is 15.8 Å². The largest absolute Gasteiger partial charge is 0.409 e. The highest BCUT2D eigenvalue weighted by Crippen LogP contribution is 2.25. The molecule has 0 aliphatic carbocycles. The molecule has 4 nitrogen and oxygen atoms in total. The van der Waals surface area contributed by atoms with Crippen LogP contribution in [0.4, 0.5) is 5.69 Å². The maximum absolute atomic E-state index is 8.69. The minimum Gasteiger partial charge on any atom is -0.409 e. The quantitative estimate of drug-likeness (QED) is 0.380. The second-order valence-electron chi connectivity index (χ2n) is 4.23. The van der Waals surface area contributed by atoms with Crippen molar-refractivity contribution < 1.29 is 5.21 Å². The fraction of sp³-hybridized carbons (Fsp3) is 0.462. The van der Waals surface area contributed by atoms with Crippen molar-refractivity contribution in [2.45, 2.75) is 32.7 Å². The van der Waals surface area contributed by atoms with Crippen molar-refractivity contribution in [1.82, 2.24) is 0 Å². The number of hydrogen-bond acceptors (Lipinski definition) is 3. The van der Waals surface area contributed by atoms with Gasteiger partial charge >= 0.3 is 0 Å². The Morgan fingerprint density at radius 3 is 2.50 bits per heavy atom. The molecule has 100 valence electrons. The van der Waals surface area contributed by atoms with Crippen LogP contribution < -0.4 is 10.6 Å². The fourth-order valence-corrected chi connectivity index (χ4v) is 2.60. The number of halogens is 1. The average Bonchev–Trinajstić information content (AvgIpc) is 2.39. The van der Waals surface area contributed by atoms with Gasteiger partial charge in [0.05, 0.1) is 0 Å². The van der Waals surface area contributed by atoms with Gasteiger partial charge in [0.2, 0.25) is 0 Å². The van der Waals surface area contributed by atoms with Crippen molar-refractivity contribution >= 4 is 27.5 Å². The SMILES string of the molecule is CCC(CC)N(C)c1ccc(/C(N)=N/O)c(Br)c1. The first-order chi connectivity index (χ1) is 8.54. The Kier molecular flexibility index (Phi) is 5.47. The summed E-state index contributed by atoms with van der Waals surface area (Å²) in [6.07, 6.45) is 2.21. The molecule has 0 aliphatic heterocycles. The number of hydrogen-bond donors (Lipinski definition) is 2. The minimum absolute atomic E-state index is 0.110. The number of oxime groups is 1. The van der Waals surface area contributed by atoms with Crippen LogP contribution in [0.5, 0.6) is 0 Å². The number of benzene rings is 1. The molecule has 5 heteroatoms. The molecule has 1 aromatic rings. The maximum Gasteiger partial charge on any atom is 0.171 e. The van der Waals surface area contributed by atoms with Gasteiger partial charge in [0.15, 0.2) is 5.84 Å². The predicted octanol–water partition coefficient (Wildman–Crippen LogP) is 3.17. The fourth-order valence-electron chi connectivity index (χ4n) is 2.03. The second kappa shape index (κ2) is 6.64. The zero-order chi connectivity index (χ0) is 13.7. The van der Waals surface area contributed by atoms with Gasteiger partial charge in [-0.25, -0.2) is 0 Å². The Bertz CT molecular complexity index is 430. The molecule has 0 spiro atoms. The van der Waals surface area contributed by atoms with Gasteiger partial charge in [-0.3, -0.25) is 0 Å². The standard InChI is InChI=1S/C13H20BrN3O/c1-4-9(5-2)17(3)10-6-7-11(12(14)8-10)13(15)16-18/h6-9,18H,4-5H2,1-3H3,(H2,15,16). The zero-order valence-corrected chi connectivity index (χ0v) is 12.6. The van der Waals surface area contributed by atoms with Crippen LogP contribution in [-0.4, -0.2) is 24.1 Å². The lowest BCUT2D eigenvalue weighted by atomic mass is 10.1. The normalized spacial score (nSPS) is 11.9. The molecule has 0 aliphatic rings. The van der Waals surface area contributed by atoms with Gasteiger partial charge in [0.25, 0.3) is 0 Å². The van der Waals surface area contributed by atoms with E-state index in [0.717, 1.165) is 23.0 Å². The van der Waals surface area contributed by atoms with Crippen LogP contribution in [0.25, 0.3) is 0 Å². The Morgan fingerprint density at radius 2 is 2.06 bits per heavy atom. The van der Waals surface area contributed by atoms with Gasteiger partial charge in [-0.15, -0.1) is 0 Å². The molecule has 0 amide bonds. The summed E-state index contributed by atoms with van der Waals surface area (Å²) >= 11 is 3.45. The van der Waals surface area contributed by atoms with Crippen LogP contribution >= 0.6 is 15.9 Å². The summed E-state index contributed by atoms with van der Waals surface area (Å²) in [6, 6.07) is 6.35. The highest BCUT2D eigenvalue weighted by atomic mass is 79.9. The highest BCUT2D eigenvalue weighted by Gasteiger charge is 2.13. The van der Waals surface area contributed by atoms with E-state index in [-0.39, 0.29) is 5.84 Å². The minimum atomic E-state index is 0.110. The van der Waals surface area contributed by atoms with Crippen LogP contribution in [0, 0.1) is 0 Å².